The van der Waals surface area contributed by atoms with Gasteiger partial charge in [0.05, 0.1) is 17.2 Å². The van der Waals surface area contributed by atoms with E-state index in [-0.39, 0.29) is 11.6 Å². The van der Waals surface area contributed by atoms with Crippen molar-refractivity contribution in [1.29, 1.82) is 0 Å². The predicted octanol–water partition coefficient (Wildman–Crippen LogP) is 4.21. The third-order valence-electron chi connectivity index (χ3n) is 5.03. The number of para-hydroxylation sites is 1. The van der Waals surface area contributed by atoms with Gasteiger partial charge >= 0.3 is 5.69 Å². The Kier molecular flexibility index (Phi) is 5.10. The SMILES string of the molecule is Cc1nn(Cc2ccc(C(=O)N3CCSc4ccccc43)cc2)c(C)c1[N+](=O)[O-]. The van der Waals surface area contributed by atoms with Crippen molar-refractivity contribution in [3.8, 4) is 0 Å². The van der Waals surface area contributed by atoms with Gasteiger partial charge in [-0.3, -0.25) is 19.6 Å². The Labute approximate surface area is 172 Å². The van der Waals surface area contributed by atoms with E-state index in [9.17, 15) is 14.9 Å². The standard InChI is InChI=1S/C21H20N4O3S/c1-14-20(25(27)28)15(2)24(22-14)13-16-7-9-17(10-8-16)21(26)23-11-12-29-19-6-4-3-5-18(19)23/h3-10H,11-13H2,1-2H3. The van der Waals surface area contributed by atoms with Crippen LogP contribution in [-0.2, 0) is 6.54 Å². The van der Waals surface area contributed by atoms with Gasteiger partial charge in [-0.2, -0.15) is 5.10 Å². The minimum Gasteiger partial charge on any atom is -0.306 e. The van der Waals surface area contributed by atoms with Crippen LogP contribution in [-0.4, -0.2) is 32.9 Å². The normalized spacial score (nSPS) is 13.2. The molecule has 8 heteroatoms. The van der Waals surface area contributed by atoms with Crippen LogP contribution < -0.4 is 4.90 Å². The number of fused-ring (bicyclic) bond motifs is 1. The fourth-order valence-electron chi connectivity index (χ4n) is 3.57. The molecule has 2 heterocycles. The number of hydrogen-bond donors (Lipinski definition) is 0. The second-order valence-electron chi connectivity index (χ2n) is 6.90. The van der Waals surface area contributed by atoms with E-state index in [0.717, 1.165) is 21.9 Å². The predicted molar refractivity (Wildman–Crippen MR) is 113 cm³/mol. The summed E-state index contributed by atoms with van der Waals surface area (Å²) in [6.45, 7) is 4.43. The number of aromatic nitrogens is 2. The molecule has 1 aliphatic heterocycles. The van der Waals surface area contributed by atoms with Crippen LogP contribution in [0.5, 0.6) is 0 Å². The molecule has 0 saturated heterocycles. The lowest BCUT2D eigenvalue weighted by atomic mass is 10.1. The van der Waals surface area contributed by atoms with Gasteiger partial charge in [-0.25, -0.2) is 0 Å². The Morgan fingerprint density at radius 2 is 1.90 bits per heavy atom. The van der Waals surface area contributed by atoms with E-state index >= 15 is 0 Å². The van der Waals surface area contributed by atoms with E-state index < -0.39 is 4.92 Å². The Bertz CT molecular complexity index is 1090. The zero-order valence-corrected chi connectivity index (χ0v) is 17.0. The maximum absolute atomic E-state index is 13.0. The van der Waals surface area contributed by atoms with Crippen LogP contribution in [0.15, 0.2) is 53.4 Å². The van der Waals surface area contributed by atoms with E-state index in [0.29, 0.717) is 30.0 Å². The van der Waals surface area contributed by atoms with Crippen molar-refractivity contribution < 1.29 is 9.72 Å². The van der Waals surface area contributed by atoms with Gasteiger partial charge in [0, 0.05) is 22.8 Å². The number of aryl methyl sites for hydroxylation is 1. The van der Waals surface area contributed by atoms with Crippen LogP contribution in [0.3, 0.4) is 0 Å². The second kappa shape index (κ2) is 7.71. The molecule has 0 aliphatic carbocycles. The number of thioether (sulfide) groups is 1. The highest BCUT2D eigenvalue weighted by molar-refractivity contribution is 7.99. The molecule has 3 aromatic rings. The minimum atomic E-state index is -0.398. The highest BCUT2D eigenvalue weighted by atomic mass is 32.2. The van der Waals surface area contributed by atoms with Crippen LogP contribution >= 0.6 is 11.8 Å². The topological polar surface area (TPSA) is 81.3 Å². The molecule has 29 heavy (non-hydrogen) atoms. The summed E-state index contributed by atoms with van der Waals surface area (Å²) in [4.78, 5) is 26.8. The molecule has 1 aliphatic rings. The zero-order valence-electron chi connectivity index (χ0n) is 16.2. The lowest BCUT2D eigenvalue weighted by Gasteiger charge is -2.29. The molecule has 0 spiro atoms. The minimum absolute atomic E-state index is 0.0222. The summed E-state index contributed by atoms with van der Waals surface area (Å²) in [7, 11) is 0. The van der Waals surface area contributed by atoms with Gasteiger partial charge in [0.1, 0.15) is 11.4 Å². The maximum atomic E-state index is 13.0. The van der Waals surface area contributed by atoms with Crippen molar-refractivity contribution in [2.45, 2.75) is 25.3 Å². The lowest BCUT2D eigenvalue weighted by Crippen LogP contribution is -2.35. The molecular weight excluding hydrogens is 388 g/mol. The Morgan fingerprint density at radius 1 is 1.17 bits per heavy atom. The summed E-state index contributed by atoms with van der Waals surface area (Å²) in [5.74, 6) is 0.850. The van der Waals surface area contributed by atoms with Crippen LogP contribution in [0.4, 0.5) is 11.4 Å². The van der Waals surface area contributed by atoms with Crippen molar-refractivity contribution in [2.24, 2.45) is 0 Å². The van der Waals surface area contributed by atoms with Crippen LogP contribution in [0.1, 0.15) is 27.3 Å². The molecular formula is C21H20N4O3S. The Hall–Kier alpha value is -3.13. The average molecular weight is 408 g/mol. The second-order valence-corrected chi connectivity index (χ2v) is 8.04. The van der Waals surface area contributed by atoms with E-state index in [4.69, 9.17) is 0 Å². The van der Waals surface area contributed by atoms with Gasteiger partial charge in [0.2, 0.25) is 0 Å². The first-order valence-electron chi connectivity index (χ1n) is 9.26. The fraction of sp³-hybridized carbons (Fsp3) is 0.238. The number of nitrogens with zero attached hydrogens (tertiary/aromatic N) is 4. The molecule has 4 rings (SSSR count). The molecule has 148 valence electrons. The van der Waals surface area contributed by atoms with Crippen molar-refractivity contribution in [3.05, 3.63) is 81.2 Å². The molecule has 0 fully saturated rings. The van der Waals surface area contributed by atoms with Crippen molar-refractivity contribution >= 4 is 29.0 Å². The summed E-state index contributed by atoms with van der Waals surface area (Å²) in [5.41, 5.74) is 3.48. The summed E-state index contributed by atoms with van der Waals surface area (Å²) >= 11 is 1.76. The average Bonchev–Trinajstić information content (AvgIpc) is 3.00. The van der Waals surface area contributed by atoms with Gasteiger partial charge in [-0.15, -0.1) is 11.8 Å². The van der Waals surface area contributed by atoms with Crippen LogP contribution in [0.2, 0.25) is 0 Å². The first-order chi connectivity index (χ1) is 14.0. The van der Waals surface area contributed by atoms with Crippen LogP contribution in [0, 0.1) is 24.0 Å². The smallest absolute Gasteiger partial charge is 0.306 e. The quantitative estimate of drug-likeness (QED) is 0.477. The number of carbonyl (C=O) groups is 1. The molecule has 0 atom stereocenters. The molecule has 0 bridgehead atoms. The largest absolute Gasteiger partial charge is 0.312 e. The number of anilines is 1. The number of nitro groups is 1. The third-order valence-corrected chi connectivity index (χ3v) is 6.08. The van der Waals surface area contributed by atoms with Gasteiger partial charge in [-0.1, -0.05) is 24.3 Å². The molecule has 2 aromatic carbocycles. The number of rotatable bonds is 4. The molecule has 7 nitrogen and oxygen atoms in total. The number of benzene rings is 2. The molecule has 0 N–H and O–H groups in total. The van der Waals surface area contributed by atoms with E-state index in [1.165, 1.54) is 0 Å². The third kappa shape index (κ3) is 3.63. The molecule has 1 amide bonds. The summed E-state index contributed by atoms with van der Waals surface area (Å²) < 4.78 is 1.63. The van der Waals surface area contributed by atoms with Gasteiger partial charge in [0.15, 0.2) is 0 Å². The van der Waals surface area contributed by atoms with Crippen molar-refractivity contribution in [2.75, 3.05) is 17.2 Å². The van der Waals surface area contributed by atoms with E-state index in [1.807, 2.05) is 53.4 Å². The van der Waals surface area contributed by atoms with E-state index in [2.05, 4.69) is 5.10 Å². The Balaban J connectivity index is 1.54. The molecule has 0 radical (unpaired) electrons. The highest BCUT2D eigenvalue weighted by Gasteiger charge is 2.24. The summed E-state index contributed by atoms with van der Waals surface area (Å²) in [6, 6.07) is 15.3. The first-order valence-corrected chi connectivity index (χ1v) is 10.3. The van der Waals surface area contributed by atoms with E-state index in [1.54, 1.807) is 30.3 Å². The monoisotopic (exact) mass is 408 g/mol. The van der Waals surface area contributed by atoms with Crippen molar-refractivity contribution in [3.63, 3.8) is 0 Å². The number of carbonyl (C=O) groups excluding carboxylic acids is 1. The molecule has 1 aromatic heterocycles. The Morgan fingerprint density at radius 3 is 2.59 bits per heavy atom. The lowest BCUT2D eigenvalue weighted by molar-refractivity contribution is -0.386. The maximum Gasteiger partial charge on any atom is 0.312 e. The van der Waals surface area contributed by atoms with Gasteiger partial charge in [-0.05, 0) is 43.7 Å². The fourth-order valence-corrected chi connectivity index (χ4v) is 4.56. The summed E-state index contributed by atoms with van der Waals surface area (Å²) in [6.07, 6.45) is 0. The number of hydrogen-bond acceptors (Lipinski definition) is 5. The van der Waals surface area contributed by atoms with Crippen LogP contribution in [0.25, 0.3) is 0 Å². The van der Waals surface area contributed by atoms with Crippen molar-refractivity contribution in [1.82, 2.24) is 9.78 Å². The van der Waals surface area contributed by atoms with Gasteiger partial charge < -0.3 is 4.90 Å². The molecule has 0 saturated carbocycles. The first kappa shape index (κ1) is 19.2. The van der Waals surface area contributed by atoms with Gasteiger partial charge in [0.25, 0.3) is 5.91 Å². The molecule has 0 unspecified atom stereocenters. The summed E-state index contributed by atoms with van der Waals surface area (Å²) in [5, 5.41) is 15.5. The number of amides is 1. The zero-order chi connectivity index (χ0) is 20.5. The highest BCUT2D eigenvalue weighted by Crippen LogP contribution is 2.35.